The number of hydrogen-bond donors (Lipinski definition) is 1. The van der Waals surface area contributed by atoms with Crippen LogP contribution >= 0.6 is 11.8 Å². The first kappa shape index (κ1) is 14.7. The van der Waals surface area contributed by atoms with Gasteiger partial charge in [0.05, 0.1) is 10.7 Å². The largest absolute Gasteiger partial charge is 0.481 e. The van der Waals surface area contributed by atoms with E-state index in [4.69, 9.17) is 0 Å². The lowest BCUT2D eigenvalue weighted by Crippen LogP contribution is -2.48. The van der Waals surface area contributed by atoms with Crippen molar-refractivity contribution >= 4 is 23.6 Å². The fraction of sp³-hybridized carbons (Fsp3) is 0.857. The van der Waals surface area contributed by atoms with Gasteiger partial charge in [0.2, 0.25) is 5.91 Å². The number of carboxylic acid groups (broad SMARTS) is 1. The molecule has 108 valence electrons. The molecule has 2 aliphatic rings. The van der Waals surface area contributed by atoms with Crippen LogP contribution in [0.3, 0.4) is 0 Å². The second-order valence-corrected chi connectivity index (χ2v) is 6.97. The highest BCUT2D eigenvalue weighted by Crippen LogP contribution is 2.37. The minimum atomic E-state index is -0.684. The highest BCUT2D eigenvalue weighted by Gasteiger charge is 2.42. The fourth-order valence-corrected chi connectivity index (χ4v) is 4.42. The van der Waals surface area contributed by atoms with E-state index in [-0.39, 0.29) is 11.2 Å². The Labute approximate surface area is 118 Å². The van der Waals surface area contributed by atoms with Crippen LogP contribution in [-0.4, -0.2) is 46.0 Å². The summed E-state index contributed by atoms with van der Waals surface area (Å²) in [5, 5.41) is 9.58. The maximum absolute atomic E-state index is 12.3. The van der Waals surface area contributed by atoms with E-state index in [2.05, 4.69) is 0 Å². The monoisotopic (exact) mass is 285 g/mol. The smallest absolute Gasteiger partial charge is 0.309 e. The summed E-state index contributed by atoms with van der Waals surface area (Å²) >= 11 is 1.75. The van der Waals surface area contributed by atoms with Crippen LogP contribution in [0.1, 0.15) is 45.4 Å². The van der Waals surface area contributed by atoms with Crippen molar-refractivity contribution in [1.29, 1.82) is 0 Å². The average Bonchev–Trinajstić information content (AvgIpc) is 2.93. The van der Waals surface area contributed by atoms with E-state index >= 15 is 0 Å². The standard InChI is InChI=1S/C14H23NO3S/c1-2-5-14(13(17)18)6-8-15(9-7-14)12(16)11-4-3-10-19-11/h11H,2-10H2,1H3,(H,17,18). The molecule has 0 saturated carbocycles. The molecule has 0 radical (unpaired) electrons. The van der Waals surface area contributed by atoms with Crippen LogP contribution < -0.4 is 0 Å². The van der Waals surface area contributed by atoms with Gasteiger partial charge in [-0.2, -0.15) is 0 Å². The second-order valence-electron chi connectivity index (χ2n) is 5.66. The van der Waals surface area contributed by atoms with Crippen molar-refractivity contribution in [3.63, 3.8) is 0 Å². The summed E-state index contributed by atoms with van der Waals surface area (Å²) in [5.74, 6) is 0.633. The van der Waals surface area contributed by atoms with Crippen LogP contribution in [0.25, 0.3) is 0 Å². The van der Waals surface area contributed by atoms with Gasteiger partial charge >= 0.3 is 5.97 Å². The molecule has 0 bridgehead atoms. The molecule has 0 aromatic rings. The molecule has 0 aliphatic carbocycles. The van der Waals surface area contributed by atoms with Crippen molar-refractivity contribution in [1.82, 2.24) is 4.90 Å². The van der Waals surface area contributed by atoms with Gasteiger partial charge in [0.1, 0.15) is 0 Å². The van der Waals surface area contributed by atoms with Crippen LogP contribution in [0.5, 0.6) is 0 Å². The van der Waals surface area contributed by atoms with Gasteiger partial charge in [-0.3, -0.25) is 9.59 Å². The minimum Gasteiger partial charge on any atom is -0.481 e. The van der Waals surface area contributed by atoms with Crippen molar-refractivity contribution in [2.45, 2.75) is 50.7 Å². The van der Waals surface area contributed by atoms with E-state index in [1.807, 2.05) is 11.8 Å². The van der Waals surface area contributed by atoms with Crippen molar-refractivity contribution in [2.24, 2.45) is 5.41 Å². The normalized spacial score (nSPS) is 26.4. The van der Waals surface area contributed by atoms with E-state index in [9.17, 15) is 14.7 Å². The van der Waals surface area contributed by atoms with Crippen LogP contribution in [0.4, 0.5) is 0 Å². The van der Waals surface area contributed by atoms with Crippen molar-refractivity contribution in [2.75, 3.05) is 18.8 Å². The zero-order valence-corrected chi connectivity index (χ0v) is 12.4. The summed E-state index contributed by atoms with van der Waals surface area (Å²) in [6, 6.07) is 0. The third-order valence-corrected chi connectivity index (χ3v) is 5.78. The maximum atomic E-state index is 12.3. The molecule has 1 amide bonds. The number of likely N-dealkylation sites (tertiary alicyclic amines) is 1. The Hall–Kier alpha value is -0.710. The Morgan fingerprint density at radius 3 is 2.53 bits per heavy atom. The van der Waals surface area contributed by atoms with Crippen molar-refractivity contribution in [3.05, 3.63) is 0 Å². The van der Waals surface area contributed by atoms with Gasteiger partial charge in [0.15, 0.2) is 0 Å². The van der Waals surface area contributed by atoms with Crippen LogP contribution in [-0.2, 0) is 9.59 Å². The van der Waals surface area contributed by atoms with E-state index in [1.54, 1.807) is 11.8 Å². The Morgan fingerprint density at radius 1 is 1.37 bits per heavy atom. The zero-order valence-electron chi connectivity index (χ0n) is 11.6. The Kier molecular flexibility index (Phi) is 4.76. The van der Waals surface area contributed by atoms with Crippen molar-refractivity contribution in [3.8, 4) is 0 Å². The van der Waals surface area contributed by atoms with Gasteiger partial charge in [-0.05, 0) is 37.9 Å². The highest BCUT2D eigenvalue weighted by molar-refractivity contribution is 8.00. The van der Waals surface area contributed by atoms with Gasteiger partial charge < -0.3 is 10.0 Å². The van der Waals surface area contributed by atoms with Crippen LogP contribution in [0, 0.1) is 5.41 Å². The molecule has 19 heavy (non-hydrogen) atoms. The number of thioether (sulfide) groups is 1. The Morgan fingerprint density at radius 2 is 2.05 bits per heavy atom. The molecule has 2 aliphatic heterocycles. The molecule has 1 unspecified atom stereocenters. The summed E-state index contributed by atoms with van der Waals surface area (Å²) in [6.45, 7) is 3.25. The van der Waals surface area contributed by atoms with E-state index in [0.29, 0.717) is 25.9 Å². The zero-order chi connectivity index (χ0) is 13.9. The van der Waals surface area contributed by atoms with E-state index in [1.165, 1.54) is 0 Å². The first-order valence-electron chi connectivity index (χ1n) is 7.23. The number of piperidine rings is 1. The summed E-state index contributed by atoms with van der Waals surface area (Å²) in [5.41, 5.74) is -0.589. The third-order valence-electron chi connectivity index (χ3n) is 4.42. The number of amides is 1. The van der Waals surface area contributed by atoms with Gasteiger partial charge in [-0.15, -0.1) is 11.8 Å². The molecule has 2 fully saturated rings. The third kappa shape index (κ3) is 3.07. The lowest BCUT2D eigenvalue weighted by atomic mass is 9.75. The SMILES string of the molecule is CCCC1(C(=O)O)CCN(C(=O)C2CCCS2)CC1. The molecule has 1 atom stereocenters. The molecule has 0 spiro atoms. The molecule has 2 rings (SSSR count). The van der Waals surface area contributed by atoms with Crippen molar-refractivity contribution < 1.29 is 14.7 Å². The number of rotatable bonds is 4. The lowest BCUT2D eigenvalue weighted by Gasteiger charge is -2.39. The lowest BCUT2D eigenvalue weighted by molar-refractivity contribution is -0.155. The van der Waals surface area contributed by atoms with E-state index in [0.717, 1.165) is 31.4 Å². The quantitative estimate of drug-likeness (QED) is 0.861. The molecular formula is C14H23NO3S. The maximum Gasteiger partial charge on any atom is 0.309 e. The number of hydrogen-bond acceptors (Lipinski definition) is 3. The predicted octanol–water partition coefficient (Wildman–Crippen LogP) is 2.38. The topological polar surface area (TPSA) is 57.6 Å². The fourth-order valence-electron chi connectivity index (χ4n) is 3.18. The number of carboxylic acids is 1. The number of nitrogens with zero attached hydrogens (tertiary/aromatic N) is 1. The van der Waals surface area contributed by atoms with E-state index < -0.39 is 11.4 Å². The summed E-state index contributed by atoms with van der Waals surface area (Å²) in [4.78, 5) is 25.7. The summed E-state index contributed by atoms with van der Waals surface area (Å²) < 4.78 is 0. The van der Waals surface area contributed by atoms with Gasteiger partial charge in [-0.25, -0.2) is 0 Å². The molecule has 0 aromatic heterocycles. The average molecular weight is 285 g/mol. The predicted molar refractivity (Wildman–Crippen MR) is 76.3 cm³/mol. The molecular weight excluding hydrogens is 262 g/mol. The first-order valence-corrected chi connectivity index (χ1v) is 8.28. The number of carbonyl (C=O) groups is 2. The summed E-state index contributed by atoms with van der Waals surface area (Å²) in [6.07, 6.45) is 4.95. The molecule has 0 aromatic carbocycles. The highest BCUT2D eigenvalue weighted by atomic mass is 32.2. The molecule has 2 saturated heterocycles. The second kappa shape index (κ2) is 6.16. The number of aliphatic carboxylic acids is 1. The summed E-state index contributed by atoms with van der Waals surface area (Å²) in [7, 11) is 0. The van der Waals surface area contributed by atoms with Crippen LogP contribution in [0.2, 0.25) is 0 Å². The molecule has 5 heteroatoms. The molecule has 1 N–H and O–H groups in total. The Bertz CT molecular complexity index is 345. The molecule has 2 heterocycles. The minimum absolute atomic E-state index is 0.128. The number of carbonyl (C=O) groups excluding carboxylic acids is 1. The van der Waals surface area contributed by atoms with Gasteiger partial charge in [-0.1, -0.05) is 13.3 Å². The van der Waals surface area contributed by atoms with Gasteiger partial charge in [0, 0.05) is 13.1 Å². The first-order chi connectivity index (χ1) is 9.09. The molecule has 4 nitrogen and oxygen atoms in total. The Balaban J connectivity index is 1.93. The van der Waals surface area contributed by atoms with Gasteiger partial charge in [0.25, 0.3) is 0 Å². The van der Waals surface area contributed by atoms with Crippen LogP contribution in [0.15, 0.2) is 0 Å².